The first-order valence-corrected chi connectivity index (χ1v) is 6.75. The summed E-state index contributed by atoms with van der Waals surface area (Å²) in [5.74, 6) is -3.13. The van der Waals surface area contributed by atoms with Crippen molar-refractivity contribution in [1.29, 1.82) is 0 Å². The second kappa shape index (κ2) is 6.75. The van der Waals surface area contributed by atoms with Crippen LogP contribution in [0, 0.1) is 0 Å². The maximum absolute atomic E-state index is 11.8. The van der Waals surface area contributed by atoms with Gasteiger partial charge in [0.15, 0.2) is 0 Å². The summed E-state index contributed by atoms with van der Waals surface area (Å²) < 4.78 is 1.89. The van der Waals surface area contributed by atoms with Crippen LogP contribution in [0.15, 0.2) is 36.5 Å². The Bertz CT molecular complexity index is 707. The largest absolute Gasteiger partial charge is 0.481 e. The van der Waals surface area contributed by atoms with E-state index in [0.29, 0.717) is 6.54 Å². The minimum Gasteiger partial charge on any atom is -0.481 e. The lowest BCUT2D eigenvalue weighted by molar-refractivity contribution is -0.147. The first-order valence-electron chi connectivity index (χ1n) is 6.75. The van der Waals surface area contributed by atoms with E-state index >= 15 is 0 Å². The second-order valence-corrected chi connectivity index (χ2v) is 4.87. The zero-order chi connectivity index (χ0) is 16.1. The summed E-state index contributed by atoms with van der Waals surface area (Å²) in [5, 5.41) is 20.8. The van der Waals surface area contributed by atoms with Crippen molar-refractivity contribution in [1.82, 2.24) is 9.88 Å². The highest BCUT2D eigenvalue weighted by Crippen LogP contribution is 2.15. The minimum atomic E-state index is -1.41. The molecule has 0 bridgehead atoms. The van der Waals surface area contributed by atoms with Crippen LogP contribution in [0.3, 0.4) is 0 Å². The van der Waals surface area contributed by atoms with E-state index in [1.165, 1.54) is 0 Å². The lowest BCUT2D eigenvalue weighted by atomic mass is 10.2. The van der Waals surface area contributed by atoms with Crippen LogP contribution >= 0.6 is 0 Å². The Labute approximate surface area is 126 Å². The van der Waals surface area contributed by atoms with Gasteiger partial charge in [0.2, 0.25) is 5.91 Å². The number of nitrogens with zero attached hydrogens (tertiary/aromatic N) is 1. The zero-order valence-electron chi connectivity index (χ0n) is 11.7. The third kappa shape index (κ3) is 3.85. The van der Waals surface area contributed by atoms with Crippen LogP contribution in [0.1, 0.15) is 12.8 Å². The molecule has 1 atom stereocenters. The molecule has 0 fully saturated rings. The van der Waals surface area contributed by atoms with Gasteiger partial charge >= 0.3 is 11.9 Å². The van der Waals surface area contributed by atoms with Crippen LogP contribution in [0.2, 0.25) is 0 Å². The Hall–Kier alpha value is -2.83. The number of aliphatic carboxylic acids is 2. The number of hydrogen-bond acceptors (Lipinski definition) is 3. The molecule has 0 spiro atoms. The molecule has 0 radical (unpaired) electrons. The topological polar surface area (TPSA) is 109 Å². The summed E-state index contributed by atoms with van der Waals surface area (Å²) >= 11 is 0. The quantitative estimate of drug-likeness (QED) is 0.709. The highest BCUT2D eigenvalue weighted by molar-refractivity contribution is 5.87. The Morgan fingerprint density at radius 1 is 1.14 bits per heavy atom. The minimum absolute atomic E-state index is 0.0715. The number of carboxylic acids is 2. The third-order valence-corrected chi connectivity index (χ3v) is 3.27. The number of nitrogens with one attached hydrogen (secondary N) is 1. The Kier molecular flexibility index (Phi) is 4.77. The fourth-order valence-electron chi connectivity index (χ4n) is 2.20. The number of aryl methyl sites for hydroxylation is 1. The maximum atomic E-state index is 11.8. The number of benzene rings is 1. The maximum Gasteiger partial charge on any atom is 0.326 e. The van der Waals surface area contributed by atoms with E-state index in [1.54, 1.807) is 0 Å². The molecular weight excluding hydrogens is 288 g/mol. The summed E-state index contributed by atoms with van der Waals surface area (Å²) in [5.41, 5.74) is 0.982. The predicted molar refractivity (Wildman–Crippen MR) is 78.4 cm³/mol. The van der Waals surface area contributed by atoms with Gasteiger partial charge in [-0.1, -0.05) is 18.2 Å². The van der Waals surface area contributed by atoms with Gasteiger partial charge in [0.25, 0.3) is 0 Å². The normalized spacial score (nSPS) is 12.0. The molecular formula is C15H16N2O5. The molecule has 0 aliphatic heterocycles. The zero-order valence-corrected chi connectivity index (χ0v) is 11.7. The van der Waals surface area contributed by atoms with Crippen molar-refractivity contribution >= 4 is 28.7 Å². The van der Waals surface area contributed by atoms with Gasteiger partial charge in [-0.3, -0.25) is 9.59 Å². The van der Waals surface area contributed by atoms with Crippen molar-refractivity contribution < 1.29 is 24.6 Å². The van der Waals surface area contributed by atoms with Gasteiger partial charge in [-0.15, -0.1) is 0 Å². The van der Waals surface area contributed by atoms with E-state index in [4.69, 9.17) is 10.2 Å². The molecule has 1 heterocycles. The van der Waals surface area contributed by atoms with Gasteiger partial charge in [0, 0.05) is 24.7 Å². The van der Waals surface area contributed by atoms with E-state index < -0.39 is 30.3 Å². The monoisotopic (exact) mass is 304 g/mol. The standard InChI is InChI=1S/C15H16N2O5/c18-13(16-11(15(21)22)9-14(19)20)6-8-17-7-5-10-3-1-2-4-12(10)17/h1-5,7,11H,6,8-9H2,(H,16,18)(H,19,20)(H,21,22). The first-order chi connectivity index (χ1) is 10.5. The molecule has 22 heavy (non-hydrogen) atoms. The number of aromatic nitrogens is 1. The molecule has 1 amide bonds. The van der Waals surface area contributed by atoms with Gasteiger partial charge in [0.1, 0.15) is 6.04 Å². The molecule has 7 heteroatoms. The summed E-state index contributed by atoms with van der Waals surface area (Å²) in [4.78, 5) is 33.3. The summed E-state index contributed by atoms with van der Waals surface area (Å²) in [7, 11) is 0. The SMILES string of the molecule is O=C(O)CC(NC(=O)CCn1ccc2ccccc21)C(=O)O. The number of amides is 1. The lowest BCUT2D eigenvalue weighted by Gasteiger charge is -2.12. The van der Waals surface area contributed by atoms with Crippen molar-refractivity contribution in [3.63, 3.8) is 0 Å². The molecule has 1 unspecified atom stereocenters. The van der Waals surface area contributed by atoms with Gasteiger partial charge in [-0.05, 0) is 17.5 Å². The fourth-order valence-corrected chi connectivity index (χ4v) is 2.20. The van der Waals surface area contributed by atoms with E-state index in [1.807, 2.05) is 41.1 Å². The summed E-state index contributed by atoms with van der Waals surface area (Å²) in [6.07, 6.45) is 1.28. The Balaban J connectivity index is 1.94. The number of fused-ring (bicyclic) bond motifs is 1. The summed E-state index contributed by atoms with van der Waals surface area (Å²) in [6, 6.07) is 8.22. The highest BCUT2D eigenvalue weighted by Gasteiger charge is 2.22. The third-order valence-electron chi connectivity index (χ3n) is 3.27. The second-order valence-electron chi connectivity index (χ2n) is 4.87. The van der Waals surface area contributed by atoms with Gasteiger partial charge in [-0.25, -0.2) is 4.79 Å². The number of rotatable bonds is 7. The highest BCUT2D eigenvalue weighted by atomic mass is 16.4. The fraction of sp³-hybridized carbons (Fsp3) is 0.267. The Morgan fingerprint density at radius 3 is 2.55 bits per heavy atom. The van der Waals surface area contributed by atoms with Crippen LogP contribution in [0.4, 0.5) is 0 Å². The molecule has 116 valence electrons. The molecule has 7 nitrogen and oxygen atoms in total. The molecule has 0 saturated carbocycles. The molecule has 3 N–H and O–H groups in total. The van der Waals surface area contributed by atoms with E-state index in [9.17, 15) is 14.4 Å². The molecule has 2 aromatic rings. The van der Waals surface area contributed by atoms with Crippen LogP contribution in [-0.4, -0.2) is 38.7 Å². The van der Waals surface area contributed by atoms with Crippen LogP contribution in [0.5, 0.6) is 0 Å². The van der Waals surface area contributed by atoms with Gasteiger partial charge < -0.3 is 20.1 Å². The molecule has 1 aromatic heterocycles. The van der Waals surface area contributed by atoms with Crippen LogP contribution in [0.25, 0.3) is 10.9 Å². The predicted octanol–water partition coefficient (Wildman–Crippen LogP) is 1.08. The van der Waals surface area contributed by atoms with Crippen molar-refractivity contribution in [3.05, 3.63) is 36.5 Å². The van der Waals surface area contributed by atoms with Gasteiger partial charge in [0.05, 0.1) is 6.42 Å². The lowest BCUT2D eigenvalue weighted by Crippen LogP contribution is -2.42. The molecule has 0 aliphatic carbocycles. The number of carbonyl (C=O) groups is 3. The van der Waals surface area contributed by atoms with Crippen molar-refractivity contribution in [2.24, 2.45) is 0 Å². The number of carbonyl (C=O) groups excluding carboxylic acids is 1. The number of para-hydroxylation sites is 1. The van der Waals surface area contributed by atoms with Crippen molar-refractivity contribution in [3.8, 4) is 0 Å². The van der Waals surface area contributed by atoms with E-state index in [2.05, 4.69) is 5.32 Å². The van der Waals surface area contributed by atoms with Crippen molar-refractivity contribution in [2.45, 2.75) is 25.4 Å². The van der Waals surface area contributed by atoms with E-state index in [0.717, 1.165) is 10.9 Å². The summed E-state index contributed by atoms with van der Waals surface area (Å²) in [6.45, 7) is 0.388. The Morgan fingerprint density at radius 2 is 1.86 bits per heavy atom. The average molecular weight is 304 g/mol. The molecule has 0 saturated heterocycles. The first kappa shape index (κ1) is 15.6. The average Bonchev–Trinajstić information content (AvgIpc) is 2.87. The smallest absolute Gasteiger partial charge is 0.326 e. The number of carboxylic acid groups (broad SMARTS) is 2. The number of hydrogen-bond donors (Lipinski definition) is 3. The van der Waals surface area contributed by atoms with Crippen LogP contribution in [-0.2, 0) is 20.9 Å². The molecule has 0 aliphatic rings. The van der Waals surface area contributed by atoms with Crippen LogP contribution < -0.4 is 5.32 Å². The molecule has 2 rings (SSSR count). The van der Waals surface area contributed by atoms with E-state index in [-0.39, 0.29) is 6.42 Å². The molecule has 1 aromatic carbocycles. The van der Waals surface area contributed by atoms with Gasteiger partial charge in [-0.2, -0.15) is 0 Å². The van der Waals surface area contributed by atoms with Crippen molar-refractivity contribution in [2.75, 3.05) is 0 Å².